The van der Waals surface area contributed by atoms with Crippen LogP contribution < -0.4 is 15.4 Å². The molecule has 0 saturated heterocycles. The number of hydrogen-bond acceptors (Lipinski definition) is 6. The molecule has 3 aromatic rings. The van der Waals surface area contributed by atoms with Crippen molar-refractivity contribution in [2.75, 3.05) is 10.6 Å². The average Bonchev–Trinajstić information content (AvgIpc) is 3.04. The highest BCUT2D eigenvalue weighted by Crippen LogP contribution is 2.46. The van der Waals surface area contributed by atoms with Crippen molar-refractivity contribution in [3.63, 3.8) is 0 Å². The molecule has 180 valence electrons. The second-order valence-electron chi connectivity index (χ2n) is 9.15. The number of aryl methyl sites for hydroxylation is 1. The molecule has 0 aliphatic carbocycles. The molecular weight excluding hydrogens is 449 g/mol. The number of phenols is 1. The predicted octanol–water partition coefficient (Wildman–Crippen LogP) is 5.51. The fourth-order valence-electron chi connectivity index (χ4n) is 4.17. The maximum Gasteiger partial charge on any atom is 0.416 e. The number of aromatic nitrogens is 2. The van der Waals surface area contributed by atoms with Crippen LogP contribution in [0.2, 0.25) is 0 Å². The van der Waals surface area contributed by atoms with Gasteiger partial charge in [-0.2, -0.15) is 13.2 Å². The van der Waals surface area contributed by atoms with E-state index < -0.39 is 29.3 Å². The summed E-state index contributed by atoms with van der Waals surface area (Å²) < 4.78 is 46.3. The number of nitrogens with one attached hydrogen (secondary N) is 2. The zero-order valence-corrected chi connectivity index (χ0v) is 19.4. The summed E-state index contributed by atoms with van der Waals surface area (Å²) in [5.41, 5.74) is 0.339. The van der Waals surface area contributed by atoms with Gasteiger partial charge >= 0.3 is 6.18 Å². The van der Waals surface area contributed by atoms with Crippen molar-refractivity contribution in [2.24, 2.45) is 0 Å². The molecule has 1 amide bonds. The number of amides is 1. The molecule has 0 bridgehead atoms. The third-order valence-electron chi connectivity index (χ3n) is 5.57. The first-order valence-corrected chi connectivity index (χ1v) is 10.7. The summed E-state index contributed by atoms with van der Waals surface area (Å²) in [6.45, 7) is 8.46. The van der Waals surface area contributed by atoms with Crippen molar-refractivity contribution < 1.29 is 27.8 Å². The molecule has 1 aromatic heterocycles. The van der Waals surface area contributed by atoms with Crippen molar-refractivity contribution >= 4 is 28.3 Å². The number of ether oxygens (including phenoxy) is 1. The summed E-state index contributed by atoms with van der Waals surface area (Å²) in [7, 11) is 0. The molecule has 1 atom stereocenters. The lowest BCUT2D eigenvalue weighted by Crippen LogP contribution is -2.24. The van der Waals surface area contributed by atoms with Crippen LogP contribution in [0.15, 0.2) is 24.3 Å². The van der Waals surface area contributed by atoms with E-state index in [1.54, 1.807) is 13.8 Å². The van der Waals surface area contributed by atoms with Crippen LogP contribution in [0.4, 0.5) is 24.7 Å². The summed E-state index contributed by atoms with van der Waals surface area (Å²) in [4.78, 5) is 20.4. The monoisotopic (exact) mass is 474 g/mol. The quantitative estimate of drug-likeness (QED) is 0.462. The Morgan fingerprint density at radius 2 is 1.91 bits per heavy atom. The number of carbonyl (C=O) groups excluding carboxylic acids is 1. The topological polar surface area (TPSA) is 96.4 Å². The molecule has 1 aliphatic heterocycles. The van der Waals surface area contributed by atoms with Gasteiger partial charge in [0.1, 0.15) is 17.2 Å². The van der Waals surface area contributed by atoms with E-state index >= 15 is 0 Å². The minimum Gasteiger partial charge on any atom is -0.504 e. The van der Waals surface area contributed by atoms with Crippen LogP contribution in [0.3, 0.4) is 0 Å². The zero-order valence-electron chi connectivity index (χ0n) is 19.4. The Morgan fingerprint density at radius 3 is 2.56 bits per heavy atom. The summed E-state index contributed by atoms with van der Waals surface area (Å²) >= 11 is 0. The molecule has 7 nitrogen and oxygen atoms in total. The predicted molar refractivity (Wildman–Crippen MR) is 122 cm³/mol. The minimum absolute atomic E-state index is 0.0459. The number of carbonyl (C=O) groups is 1. The molecule has 0 saturated carbocycles. The van der Waals surface area contributed by atoms with Gasteiger partial charge in [0, 0.05) is 30.0 Å². The maximum absolute atomic E-state index is 13.5. The first kappa shape index (κ1) is 23.6. The first-order valence-electron chi connectivity index (χ1n) is 10.7. The van der Waals surface area contributed by atoms with Gasteiger partial charge in [-0.25, -0.2) is 9.97 Å². The summed E-state index contributed by atoms with van der Waals surface area (Å²) in [6.07, 6.45) is -4.05. The van der Waals surface area contributed by atoms with Gasteiger partial charge in [0.05, 0.1) is 17.1 Å². The summed E-state index contributed by atoms with van der Waals surface area (Å²) in [5.74, 6) is 0.688. The Labute approximate surface area is 194 Å². The molecule has 2 aromatic carbocycles. The van der Waals surface area contributed by atoms with Gasteiger partial charge in [0.25, 0.3) is 0 Å². The van der Waals surface area contributed by atoms with Gasteiger partial charge in [0.2, 0.25) is 5.91 Å². The molecule has 4 rings (SSSR count). The Morgan fingerprint density at radius 1 is 1.21 bits per heavy atom. The lowest BCUT2D eigenvalue weighted by atomic mass is 9.98. The standard InChI is InChI=1S/C24H25F3N4O3/c1-11(14-6-15(24(25,26)27)8-16(7-14)31-13(3)32)28-22-17-9-19(33)21-18(10-23(4,5)34-21)20(17)29-12(2)30-22/h6-9,11,33H,10H2,1-5H3,(H,31,32)(H,28,29,30). The number of rotatable bonds is 4. The minimum atomic E-state index is -4.58. The molecule has 0 fully saturated rings. The van der Waals surface area contributed by atoms with Crippen molar-refractivity contribution in [3.8, 4) is 11.5 Å². The number of halogens is 3. The lowest BCUT2D eigenvalue weighted by Gasteiger charge is -2.20. The van der Waals surface area contributed by atoms with E-state index in [1.807, 2.05) is 13.8 Å². The van der Waals surface area contributed by atoms with Crippen LogP contribution in [0.25, 0.3) is 10.9 Å². The highest BCUT2D eigenvalue weighted by Gasteiger charge is 2.35. The van der Waals surface area contributed by atoms with Crippen LogP contribution >= 0.6 is 0 Å². The number of anilines is 2. The normalized spacial score (nSPS) is 15.5. The fourth-order valence-corrected chi connectivity index (χ4v) is 4.17. The van der Waals surface area contributed by atoms with Gasteiger partial charge in [-0.15, -0.1) is 0 Å². The van der Waals surface area contributed by atoms with E-state index in [-0.39, 0.29) is 11.4 Å². The molecule has 10 heteroatoms. The molecule has 0 radical (unpaired) electrons. The molecule has 0 spiro atoms. The number of hydrogen-bond donors (Lipinski definition) is 3. The van der Waals surface area contributed by atoms with Gasteiger partial charge in [-0.05, 0) is 57.5 Å². The Kier molecular flexibility index (Phi) is 5.58. The molecule has 3 N–H and O–H groups in total. The van der Waals surface area contributed by atoms with E-state index in [2.05, 4.69) is 20.6 Å². The Hall–Kier alpha value is -3.56. The number of nitrogens with zero attached hydrogens (tertiary/aromatic N) is 2. The number of aromatic hydroxyl groups is 1. The molecule has 1 unspecified atom stereocenters. The molecule has 2 heterocycles. The van der Waals surface area contributed by atoms with Crippen LogP contribution in [0.5, 0.6) is 11.5 Å². The summed E-state index contributed by atoms with van der Waals surface area (Å²) in [5, 5.41) is 16.7. The lowest BCUT2D eigenvalue weighted by molar-refractivity contribution is -0.137. The largest absolute Gasteiger partial charge is 0.504 e. The van der Waals surface area contributed by atoms with E-state index in [4.69, 9.17) is 4.74 Å². The third-order valence-corrected chi connectivity index (χ3v) is 5.57. The molecule has 1 aliphatic rings. The highest BCUT2D eigenvalue weighted by atomic mass is 19.4. The number of benzene rings is 2. The van der Waals surface area contributed by atoms with Gasteiger partial charge in [0.15, 0.2) is 11.5 Å². The molecule has 34 heavy (non-hydrogen) atoms. The fraction of sp³-hybridized carbons (Fsp3) is 0.375. The second kappa shape index (κ2) is 8.03. The highest BCUT2D eigenvalue weighted by molar-refractivity contribution is 5.95. The number of alkyl halides is 3. The van der Waals surface area contributed by atoms with E-state index in [9.17, 15) is 23.1 Å². The van der Waals surface area contributed by atoms with Gasteiger partial charge in [-0.3, -0.25) is 4.79 Å². The van der Waals surface area contributed by atoms with Gasteiger partial charge < -0.3 is 20.5 Å². The third kappa shape index (κ3) is 4.57. The summed E-state index contributed by atoms with van der Waals surface area (Å²) in [6, 6.07) is 4.29. The van der Waals surface area contributed by atoms with Crippen LogP contribution in [-0.4, -0.2) is 26.6 Å². The van der Waals surface area contributed by atoms with Crippen molar-refractivity contribution in [3.05, 3.63) is 46.8 Å². The Balaban J connectivity index is 1.78. The maximum atomic E-state index is 13.5. The van der Waals surface area contributed by atoms with Crippen molar-refractivity contribution in [2.45, 2.75) is 58.9 Å². The smallest absolute Gasteiger partial charge is 0.416 e. The Bertz CT molecular complexity index is 1310. The van der Waals surface area contributed by atoms with Crippen LogP contribution in [0.1, 0.15) is 56.3 Å². The van der Waals surface area contributed by atoms with E-state index in [0.717, 1.165) is 17.7 Å². The van der Waals surface area contributed by atoms with Crippen LogP contribution in [0, 0.1) is 6.92 Å². The van der Waals surface area contributed by atoms with Crippen molar-refractivity contribution in [1.82, 2.24) is 9.97 Å². The SMILES string of the molecule is CC(=O)Nc1cc(C(C)Nc2nc(C)nc3c4c(c(O)cc23)OC(C)(C)C4)cc(C(F)(F)F)c1. The van der Waals surface area contributed by atoms with Crippen molar-refractivity contribution in [1.29, 1.82) is 0 Å². The number of fused-ring (bicyclic) bond motifs is 3. The molecular formula is C24H25F3N4O3. The second-order valence-corrected chi connectivity index (χ2v) is 9.15. The van der Waals surface area contributed by atoms with E-state index in [1.165, 1.54) is 19.1 Å². The number of phenolic OH excluding ortho intramolecular Hbond substituents is 1. The average molecular weight is 474 g/mol. The van der Waals surface area contributed by atoms with Gasteiger partial charge in [-0.1, -0.05) is 0 Å². The first-order chi connectivity index (χ1) is 15.7. The van der Waals surface area contributed by atoms with Crippen LogP contribution in [-0.2, 0) is 17.4 Å². The van der Waals surface area contributed by atoms with E-state index in [0.29, 0.717) is 40.3 Å². The zero-order chi connectivity index (χ0) is 25.0.